The van der Waals surface area contributed by atoms with Crippen molar-refractivity contribution in [1.29, 1.82) is 0 Å². The van der Waals surface area contributed by atoms with E-state index in [1.54, 1.807) is 6.92 Å². The number of hydrogen-bond donors (Lipinski definition) is 0. The van der Waals surface area contributed by atoms with Gasteiger partial charge in [0.1, 0.15) is 10.8 Å². The minimum atomic E-state index is -1.02. The summed E-state index contributed by atoms with van der Waals surface area (Å²) in [6.07, 6.45) is 0.609. The smallest absolute Gasteiger partial charge is 0.375 e. The molecule has 0 saturated carbocycles. The standard InChI is InChI=1S/C14H15NO5S/c1-6-4-8-13(21-9(15-8)5-7(2)16)11(17)10(6)12(18)14(19)20-3/h6,10H,4-5H2,1-3H3. The molecule has 2 atom stereocenters. The lowest BCUT2D eigenvalue weighted by Crippen LogP contribution is -2.39. The van der Waals surface area contributed by atoms with Gasteiger partial charge in [-0.3, -0.25) is 14.4 Å². The molecule has 0 saturated heterocycles. The van der Waals surface area contributed by atoms with E-state index in [2.05, 4.69) is 9.72 Å². The predicted octanol–water partition coefficient (Wildman–Crippen LogP) is 1.01. The summed E-state index contributed by atoms with van der Waals surface area (Å²) < 4.78 is 4.41. The Labute approximate surface area is 125 Å². The van der Waals surface area contributed by atoms with Crippen molar-refractivity contribution >= 4 is 34.7 Å². The van der Waals surface area contributed by atoms with Gasteiger partial charge in [0.25, 0.3) is 5.78 Å². The van der Waals surface area contributed by atoms with Crippen LogP contribution in [0.2, 0.25) is 0 Å². The Hall–Kier alpha value is -1.89. The molecule has 0 fully saturated rings. The van der Waals surface area contributed by atoms with E-state index in [1.807, 2.05) is 0 Å². The topological polar surface area (TPSA) is 90.4 Å². The number of carbonyl (C=O) groups excluding carboxylic acids is 4. The number of methoxy groups -OCH3 is 1. The van der Waals surface area contributed by atoms with Crippen LogP contribution in [-0.4, -0.2) is 35.4 Å². The lowest BCUT2D eigenvalue weighted by atomic mass is 9.78. The van der Waals surface area contributed by atoms with Crippen molar-refractivity contribution in [2.24, 2.45) is 11.8 Å². The first-order chi connectivity index (χ1) is 9.85. The third-order valence-corrected chi connectivity index (χ3v) is 4.51. The Morgan fingerprint density at radius 2 is 2.05 bits per heavy atom. The molecule has 0 amide bonds. The normalized spacial score (nSPS) is 20.8. The maximum atomic E-state index is 12.4. The molecule has 1 aromatic heterocycles. The molecule has 1 heterocycles. The summed E-state index contributed by atoms with van der Waals surface area (Å²) in [4.78, 5) is 51.6. The molecule has 2 unspecified atom stereocenters. The molecule has 7 heteroatoms. The van der Waals surface area contributed by atoms with Crippen molar-refractivity contribution < 1.29 is 23.9 Å². The molecule has 0 N–H and O–H groups in total. The van der Waals surface area contributed by atoms with E-state index >= 15 is 0 Å². The highest BCUT2D eigenvalue weighted by molar-refractivity contribution is 7.14. The van der Waals surface area contributed by atoms with Gasteiger partial charge in [0.05, 0.1) is 30.0 Å². The monoisotopic (exact) mass is 309 g/mol. The number of esters is 1. The Morgan fingerprint density at radius 3 is 2.62 bits per heavy atom. The number of carbonyl (C=O) groups is 4. The Kier molecular flexibility index (Phi) is 4.32. The van der Waals surface area contributed by atoms with Crippen LogP contribution >= 0.6 is 11.3 Å². The average molecular weight is 309 g/mol. The van der Waals surface area contributed by atoms with E-state index in [-0.39, 0.29) is 18.1 Å². The fraction of sp³-hybridized carbons (Fsp3) is 0.500. The summed E-state index contributed by atoms with van der Waals surface area (Å²) in [5.41, 5.74) is 0.614. The lowest BCUT2D eigenvalue weighted by molar-refractivity contribution is -0.153. The Balaban J connectivity index is 2.33. The van der Waals surface area contributed by atoms with E-state index in [1.165, 1.54) is 6.92 Å². The molecule has 1 aromatic rings. The number of ether oxygens (including phenoxy) is 1. The molecule has 21 heavy (non-hydrogen) atoms. The third kappa shape index (κ3) is 2.92. The third-order valence-electron chi connectivity index (χ3n) is 3.40. The van der Waals surface area contributed by atoms with Crippen molar-refractivity contribution in [3.63, 3.8) is 0 Å². The van der Waals surface area contributed by atoms with Crippen LogP contribution < -0.4 is 0 Å². The lowest BCUT2D eigenvalue weighted by Gasteiger charge is -2.24. The van der Waals surface area contributed by atoms with Gasteiger partial charge in [-0.2, -0.15) is 0 Å². The Bertz CT molecular complexity index is 633. The van der Waals surface area contributed by atoms with Gasteiger partial charge in [-0.1, -0.05) is 6.92 Å². The molecule has 2 rings (SSSR count). The van der Waals surface area contributed by atoms with E-state index in [4.69, 9.17) is 0 Å². The first kappa shape index (κ1) is 15.5. The van der Waals surface area contributed by atoms with Crippen molar-refractivity contribution in [2.45, 2.75) is 26.7 Å². The molecule has 0 aromatic carbocycles. The van der Waals surface area contributed by atoms with Gasteiger partial charge in [0.2, 0.25) is 0 Å². The first-order valence-corrected chi connectivity index (χ1v) is 7.31. The SMILES string of the molecule is COC(=O)C(=O)C1C(=O)c2sc(CC(C)=O)nc2CC1C. The number of thiazole rings is 1. The number of Topliss-reactive ketones (excluding diaryl/α,β-unsaturated/α-hetero) is 3. The van der Waals surface area contributed by atoms with Gasteiger partial charge in [-0.25, -0.2) is 9.78 Å². The highest BCUT2D eigenvalue weighted by Gasteiger charge is 2.43. The zero-order valence-corrected chi connectivity index (χ0v) is 12.8. The van der Waals surface area contributed by atoms with Gasteiger partial charge in [0, 0.05) is 0 Å². The second-order valence-electron chi connectivity index (χ2n) is 5.14. The van der Waals surface area contributed by atoms with Gasteiger partial charge in [0.15, 0.2) is 5.78 Å². The summed E-state index contributed by atoms with van der Waals surface area (Å²) >= 11 is 1.13. The largest absolute Gasteiger partial charge is 0.463 e. The van der Waals surface area contributed by atoms with Crippen molar-refractivity contribution in [1.82, 2.24) is 4.98 Å². The number of aromatic nitrogens is 1. The van der Waals surface area contributed by atoms with Crippen LogP contribution in [-0.2, 0) is 32.0 Å². The van der Waals surface area contributed by atoms with E-state index in [0.717, 1.165) is 18.4 Å². The van der Waals surface area contributed by atoms with Gasteiger partial charge < -0.3 is 4.74 Å². The molecule has 112 valence electrons. The zero-order chi connectivity index (χ0) is 15.7. The van der Waals surface area contributed by atoms with Gasteiger partial charge in [-0.15, -0.1) is 11.3 Å². The second kappa shape index (κ2) is 5.85. The zero-order valence-electron chi connectivity index (χ0n) is 12.0. The summed E-state index contributed by atoms with van der Waals surface area (Å²) in [6, 6.07) is 0. The van der Waals surface area contributed by atoms with Crippen LogP contribution in [0.1, 0.15) is 34.2 Å². The first-order valence-electron chi connectivity index (χ1n) is 6.49. The summed E-state index contributed by atoms with van der Waals surface area (Å²) in [7, 11) is 1.11. The minimum Gasteiger partial charge on any atom is -0.463 e. The van der Waals surface area contributed by atoms with Gasteiger partial charge >= 0.3 is 5.97 Å². The van der Waals surface area contributed by atoms with Crippen LogP contribution in [0.3, 0.4) is 0 Å². The molecule has 0 aliphatic heterocycles. The molecule has 6 nitrogen and oxygen atoms in total. The van der Waals surface area contributed by atoms with Gasteiger partial charge in [-0.05, 0) is 19.3 Å². The maximum absolute atomic E-state index is 12.4. The van der Waals surface area contributed by atoms with E-state index in [0.29, 0.717) is 22.0 Å². The Morgan fingerprint density at radius 1 is 1.38 bits per heavy atom. The molecule has 1 aliphatic rings. The second-order valence-corrected chi connectivity index (χ2v) is 6.22. The molecular weight excluding hydrogens is 294 g/mol. The number of fused-ring (bicyclic) bond motifs is 1. The fourth-order valence-corrected chi connectivity index (χ4v) is 3.59. The predicted molar refractivity (Wildman–Crippen MR) is 74.2 cm³/mol. The minimum absolute atomic E-state index is 0.0382. The average Bonchev–Trinajstić information content (AvgIpc) is 2.79. The van der Waals surface area contributed by atoms with Crippen LogP contribution in [0, 0.1) is 11.8 Å². The molecule has 0 spiro atoms. The van der Waals surface area contributed by atoms with Crippen LogP contribution in [0.4, 0.5) is 0 Å². The highest BCUT2D eigenvalue weighted by Crippen LogP contribution is 2.34. The van der Waals surface area contributed by atoms with Crippen molar-refractivity contribution in [3.8, 4) is 0 Å². The van der Waals surface area contributed by atoms with Crippen LogP contribution in [0.15, 0.2) is 0 Å². The van der Waals surface area contributed by atoms with Crippen LogP contribution in [0.5, 0.6) is 0 Å². The number of rotatable bonds is 4. The molecular formula is C14H15NO5S. The summed E-state index contributed by atoms with van der Waals surface area (Å²) in [5, 5.41) is 0.569. The fourth-order valence-electron chi connectivity index (χ4n) is 2.45. The number of hydrogen-bond acceptors (Lipinski definition) is 7. The van der Waals surface area contributed by atoms with Crippen molar-refractivity contribution in [2.75, 3.05) is 7.11 Å². The summed E-state index contributed by atoms with van der Waals surface area (Å²) in [5.74, 6) is -3.59. The van der Waals surface area contributed by atoms with Crippen molar-refractivity contribution in [3.05, 3.63) is 15.6 Å². The van der Waals surface area contributed by atoms with E-state index in [9.17, 15) is 19.2 Å². The quantitative estimate of drug-likeness (QED) is 0.468. The number of nitrogens with zero attached hydrogens (tertiary/aromatic N) is 1. The molecule has 0 radical (unpaired) electrons. The molecule has 0 bridgehead atoms. The molecule has 1 aliphatic carbocycles. The van der Waals surface area contributed by atoms with E-state index < -0.39 is 23.5 Å². The maximum Gasteiger partial charge on any atom is 0.375 e. The summed E-state index contributed by atoms with van der Waals surface area (Å²) in [6.45, 7) is 3.19. The number of ketones is 3. The van der Waals surface area contributed by atoms with Crippen LogP contribution in [0.25, 0.3) is 0 Å². The highest BCUT2D eigenvalue weighted by atomic mass is 32.1.